The molecule has 9 nitrogen and oxygen atoms in total. The molecule has 1 saturated heterocycles. The predicted molar refractivity (Wildman–Crippen MR) is 117 cm³/mol. The smallest absolute Gasteiger partial charge is 0.410 e. The minimum Gasteiger partial charge on any atom is -0.453 e. The zero-order valence-electron chi connectivity index (χ0n) is 17.9. The van der Waals surface area contributed by atoms with Gasteiger partial charge in [0.1, 0.15) is 5.82 Å². The van der Waals surface area contributed by atoms with Gasteiger partial charge in [0.15, 0.2) is 11.6 Å². The average molecular weight is 470 g/mol. The van der Waals surface area contributed by atoms with E-state index in [2.05, 4.69) is 29.6 Å². The highest BCUT2D eigenvalue weighted by molar-refractivity contribution is 6.30. The number of nitrogens with zero attached hydrogens (tertiary/aromatic N) is 7. The molecule has 1 aliphatic carbocycles. The van der Waals surface area contributed by atoms with E-state index in [-0.39, 0.29) is 11.3 Å². The van der Waals surface area contributed by atoms with Crippen molar-refractivity contribution < 1.29 is 13.9 Å². The third-order valence-electron chi connectivity index (χ3n) is 6.83. The van der Waals surface area contributed by atoms with Crippen molar-refractivity contribution in [3.05, 3.63) is 58.6 Å². The minimum absolute atomic E-state index is 0.195. The largest absolute Gasteiger partial charge is 0.453 e. The summed E-state index contributed by atoms with van der Waals surface area (Å²) in [4.78, 5) is 24.1. The van der Waals surface area contributed by atoms with Crippen molar-refractivity contribution in [3.8, 4) is 5.69 Å². The van der Waals surface area contributed by atoms with Crippen molar-refractivity contribution in [1.82, 2.24) is 29.6 Å². The first-order chi connectivity index (χ1) is 15.9. The minimum atomic E-state index is -0.433. The first-order valence-electron chi connectivity index (χ1n) is 10.7. The molecule has 0 bridgehead atoms. The Morgan fingerprint density at radius 2 is 1.94 bits per heavy atom. The zero-order valence-corrected chi connectivity index (χ0v) is 18.7. The zero-order chi connectivity index (χ0) is 22.7. The molecule has 11 heteroatoms. The Labute approximate surface area is 194 Å². The maximum Gasteiger partial charge on any atom is 0.410 e. The highest BCUT2D eigenvalue weighted by Crippen LogP contribution is 2.56. The highest BCUT2D eigenvalue weighted by Gasteiger charge is 2.54. The Morgan fingerprint density at radius 3 is 2.67 bits per heavy atom. The van der Waals surface area contributed by atoms with Gasteiger partial charge >= 0.3 is 6.09 Å². The summed E-state index contributed by atoms with van der Waals surface area (Å²) in [6.45, 7) is 2.38. The molecule has 3 aromatic rings. The van der Waals surface area contributed by atoms with E-state index >= 15 is 0 Å². The molecule has 6 rings (SSSR count). The molecule has 1 spiro atoms. The number of methoxy groups -OCH3 is 1. The fourth-order valence-electron chi connectivity index (χ4n) is 5.35. The van der Waals surface area contributed by atoms with Crippen LogP contribution in [0.1, 0.15) is 36.0 Å². The van der Waals surface area contributed by atoms with E-state index in [1.165, 1.54) is 19.5 Å². The van der Waals surface area contributed by atoms with Gasteiger partial charge in [-0.25, -0.2) is 19.2 Å². The Hall–Kier alpha value is -3.27. The van der Waals surface area contributed by atoms with Crippen LogP contribution in [0, 0.1) is 11.2 Å². The summed E-state index contributed by atoms with van der Waals surface area (Å²) in [5.41, 5.74) is 2.06. The number of anilines is 1. The van der Waals surface area contributed by atoms with Crippen LogP contribution in [0.5, 0.6) is 0 Å². The predicted octanol–water partition coefficient (Wildman–Crippen LogP) is 3.32. The van der Waals surface area contributed by atoms with E-state index in [1.807, 2.05) is 18.2 Å². The standard InChI is InChI=1S/C22H21ClFN7O2/c1-33-21(32)29-9-13-4-15(23)2-3-17(13)31-18(10-29)27-28-19(31)14-5-22(6-14)11-30(12-22)20-25-7-16(24)8-26-20/h2-4,7-8,14H,5-6,9-12H2,1H3. The number of benzene rings is 1. The number of fused-ring (bicyclic) bond motifs is 3. The summed E-state index contributed by atoms with van der Waals surface area (Å²) in [5, 5.41) is 9.58. The molecule has 3 aliphatic rings. The van der Waals surface area contributed by atoms with Crippen LogP contribution in [0.2, 0.25) is 5.02 Å². The highest BCUT2D eigenvalue weighted by atomic mass is 35.5. The fraction of sp³-hybridized carbons (Fsp3) is 0.409. The van der Waals surface area contributed by atoms with Crippen LogP contribution in [-0.4, -0.2) is 55.9 Å². The Bertz CT molecular complexity index is 1230. The molecule has 4 heterocycles. The molecule has 2 fully saturated rings. The SMILES string of the molecule is COC(=O)N1Cc2cc(Cl)ccc2-n2c(nnc2C2CC3(C2)CN(c2ncc(F)cn2)C3)C1. The molecule has 0 atom stereocenters. The third-order valence-corrected chi connectivity index (χ3v) is 7.07. The topological polar surface area (TPSA) is 89.3 Å². The first kappa shape index (κ1) is 20.3. The van der Waals surface area contributed by atoms with Crippen molar-refractivity contribution in [1.29, 1.82) is 0 Å². The second-order valence-corrected chi connectivity index (χ2v) is 9.51. The van der Waals surface area contributed by atoms with Gasteiger partial charge in [-0.05, 0) is 36.6 Å². The van der Waals surface area contributed by atoms with Crippen LogP contribution in [0.3, 0.4) is 0 Å². The second kappa shape index (κ2) is 7.38. The molecule has 0 unspecified atom stereocenters. The summed E-state index contributed by atoms with van der Waals surface area (Å²) in [7, 11) is 1.37. The Morgan fingerprint density at radius 1 is 1.18 bits per heavy atom. The molecule has 0 radical (unpaired) electrons. The van der Waals surface area contributed by atoms with Crippen molar-refractivity contribution in [2.75, 3.05) is 25.1 Å². The normalized spacial score (nSPS) is 18.8. The molecule has 170 valence electrons. The summed E-state index contributed by atoms with van der Waals surface area (Å²) < 4.78 is 20.1. The van der Waals surface area contributed by atoms with Crippen LogP contribution >= 0.6 is 11.6 Å². The summed E-state index contributed by atoms with van der Waals surface area (Å²) >= 11 is 6.26. The number of amides is 1. The van der Waals surface area contributed by atoms with Gasteiger partial charge in [-0.2, -0.15) is 0 Å². The van der Waals surface area contributed by atoms with E-state index in [0.717, 1.165) is 43.0 Å². The van der Waals surface area contributed by atoms with Gasteiger partial charge in [-0.1, -0.05) is 11.6 Å². The molecule has 1 aromatic carbocycles. The van der Waals surface area contributed by atoms with Gasteiger partial charge in [0.25, 0.3) is 0 Å². The summed E-state index contributed by atoms with van der Waals surface area (Å²) in [5.74, 6) is 2.00. The molecule has 0 N–H and O–H groups in total. The van der Waals surface area contributed by atoms with Crippen molar-refractivity contribution >= 4 is 23.6 Å². The number of carbonyl (C=O) groups excluding carboxylic acids is 1. The van der Waals surface area contributed by atoms with Crippen LogP contribution in [0.15, 0.2) is 30.6 Å². The van der Waals surface area contributed by atoms with E-state index in [9.17, 15) is 9.18 Å². The van der Waals surface area contributed by atoms with Gasteiger partial charge in [0.05, 0.1) is 38.3 Å². The monoisotopic (exact) mass is 469 g/mol. The lowest BCUT2D eigenvalue weighted by Crippen LogP contribution is -2.62. The van der Waals surface area contributed by atoms with Crippen molar-refractivity contribution in [2.24, 2.45) is 5.41 Å². The molecule has 33 heavy (non-hydrogen) atoms. The number of hydrogen-bond donors (Lipinski definition) is 0. The quantitative estimate of drug-likeness (QED) is 0.568. The van der Waals surface area contributed by atoms with E-state index < -0.39 is 11.9 Å². The van der Waals surface area contributed by atoms with Crippen LogP contribution in [0.25, 0.3) is 5.69 Å². The molecular formula is C22H21ClFN7O2. The molecule has 1 amide bonds. The van der Waals surface area contributed by atoms with Gasteiger partial charge in [0, 0.05) is 29.4 Å². The fourth-order valence-corrected chi connectivity index (χ4v) is 5.54. The lowest BCUT2D eigenvalue weighted by Gasteiger charge is -2.58. The summed E-state index contributed by atoms with van der Waals surface area (Å²) in [6, 6.07) is 5.68. The van der Waals surface area contributed by atoms with E-state index in [0.29, 0.717) is 29.9 Å². The number of rotatable bonds is 2. The lowest BCUT2D eigenvalue weighted by atomic mass is 9.57. The van der Waals surface area contributed by atoms with E-state index in [4.69, 9.17) is 16.3 Å². The van der Waals surface area contributed by atoms with Crippen LogP contribution in [-0.2, 0) is 17.8 Å². The lowest BCUT2D eigenvalue weighted by molar-refractivity contribution is 0.0574. The van der Waals surface area contributed by atoms with E-state index in [1.54, 1.807) is 4.90 Å². The number of carbonyl (C=O) groups is 1. The summed E-state index contributed by atoms with van der Waals surface area (Å²) in [6.07, 6.45) is 3.94. The van der Waals surface area contributed by atoms with Gasteiger partial charge in [0.2, 0.25) is 5.95 Å². The number of ether oxygens (including phenoxy) is 1. The van der Waals surface area contributed by atoms with Gasteiger partial charge < -0.3 is 9.64 Å². The van der Waals surface area contributed by atoms with Crippen molar-refractivity contribution in [2.45, 2.75) is 31.8 Å². The number of hydrogen-bond acceptors (Lipinski definition) is 7. The van der Waals surface area contributed by atoms with Gasteiger partial charge in [-0.15, -0.1) is 10.2 Å². The Balaban J connectivity index is 1.25. The molecule has 2 aromatic heterocycles. The third kappa shape index (κ3) is 3.31. The number of aromatic nitrogens is 5. The Kier molecular flexibility index (Phi) is 4.55. The maximum absolute atomic E-state index is 13.1. The molecule has 2 aliphatic heterocycles. The van der Waals surface area contributed by atoms with Crippen LogP contribution < -0.4 is 4.90 Å². The van der Waals surface area contributed by atoms with Crippen molar-refractivity contribution in [3.63, 3.8) is 0 Å². The first-order valence-corrected chi connectivity index (χ1v) is 11.1. The molecular weight excluding hydrogens is 449 g/mol. The van der Waals surface area contributed by atoms with Gasteiger partial charge in [-0.3, -0.25) is 9.47 Å². The average Bonchev–Trinajstić information content (AvgIpc) is 3.07. The molecule has 1 saturated carbocycles. The second-order valence-electron chi connectivity index (χ2n) is 9.07. The number of halogens is 2. The maximum atomic E-state index is 13.1. The van der Waals surface area contributed by atoms with Crippen LogP contribution in [0.4, 0.5) is 15.1 Å².